The van der Waals surface area contributed by atoms with Crippen LogP contribution in [0.15, 0.2) is 36.8 Å². The minimum atomic E-state index is 0.0384. The number of carbonyl (C=O) groups is 2. The minimum Gasteiger partial charge on any atom is -0.494 e. The van der Waals surface area contributed by atoms with Gasteiger partial charge in [-0.3, -0.25) is 19.6 Å². The molecule has 0 spiro atoms. The predicted molar refractivity (Wildman–Crippen MR) is 119 cm³/mol. The molecule has 2 aliphatic rings. The van der Waals surface area contributed by atoms with Gasteiger partial charge in [-0.15, -0.1) is 0 Å². The van der Waals surface area contributed by atoms with Crippen molar-refractivity contribution in [2.45, 2.75) is 25.7 Å². The fourth-order valence-corrected chi connectivity index (χ4v) is 3.73. The summed E-state index contributed by atoms with van der Waals surface area (Å²) in [6.45, 7) is 0. The third kappa shape index (κ3) is 3.81. The van der Waals surface area contributed by atoms with Crippen molar-refractivity contribution in [1.82, 2.24) is 20.2 Å². The van der Waals surface area contributed by atoms with Crippen LogP contribution in [0.4, 0.5) is 17.2 Å². The quantitative estimate of drug-likeness (QED) is 0.523. The number of nitrogens with one attached hydrogen (secondary N) is 2. The molecule has 5 rings (SSSR count). The van der Waals surface area contributed by atoms with E-state index in [0.29, 0.717) is 34.3 Å². The van der Waals surface area contributed by atoms with Crippen LogP contribution in [0.2, 0.25) is 0 Å². The number of aromatic amines is 1. The number of Topliss-reactive ketones (excluding diaryl/α,β-unsaturated/α-hetero) is 1. The van der Waals surface area contributed by atoms with Gasteiger partial charge in [0.1, 0.15) is 12.1 Å². The number of nitrogens with zero attached hydrogens (tertiary/aromatic N) is 4. The van der Waals surface area contributed by atoms with Gasteiger partial charge >= 0.3 is 0 Å². The van der Waals surface area contributed by atoms with Gasteiger partial charge in [-0.05, 0) is 37.8 Å². The number of aromatic nitrogens is 4. The van der Waals surface area contributed by atoms with Crippen molar-refractivity contribution in [2.24, 2.45) is 11.8 Å². The van der Waals surface area contributed by atoms with E-state index in [-0.39, 0.29) is 23.5 Å². The van der Waals surface area contributed by atoms with Crippen molar-refractivity contribution < 1.29 is 14.3 Å². The zero-order chi connectivity index (χ0) is 22.2. The van der Waals surface area contributed by atoms with Crippen molar-refractivity contribution in [2.75, 3.05) is 24.4 Å². The van der Waals surface area contributed by atoms with E-state index in [2.05, 4.69) is 25.5 Å². The van der Waals surface area contributed by atoms with E-state index in [0.717, 1.165) is 31.2 Å². The molecule has 3 aromatic rings. The van der Waals surface area contributed by atoms with Crippen LogP contribution in [0.5, 0.6) is 5.75 Å². The van der Waals surface area contributed by atoms with Crippen LogP contribution in [-0.4, -0.2) is 46.0 Å². The molecule has 2 fully saturated rings. The van der Waals surface area contributed by atoms with Crippen LogP contribution in [0.3, 0.4) is 0 Å². The smallest absolute Gasteiger partial charge is 0.230 e. The van der Waals surface area contributed by atoms with Crippen LogP contribution in [-0.2, 0) is 4.79 Å². The van der Waals surface area contributed by atoms with Crippen LogP contribution >= 0.6 is 0 Å². The molecule has 2 aromatic heterocycles. The van der Waals surface area contributed by atoms with Gasteiger partial charge in [-0.2, -0.15) is 5.10 Å². The van der Waals surface area contributed by atoms with E-state index < -0.39 is 0 Å². The van der Waals surface area contributed by atoms with E-state index in [1.807, 2.05) is 18.2 Å². The van der Waals surface area contributed by atoms with Gasteiger partial charge in [-0.1, -0.05) is 6.07 Å². The standard InChI is InChI=1S/C23H24N6O3/c1-29(23(31)14-8-9-14)19-10-18(16(11-24-19)20(30)13-6-7-13)27-17-5-3-4-15(21(17)32-2)22-25-12-26-28-22/h3-5,10-14H,6-9H2,1-2H3,(H,24,27)(H,25,26,28). The van der Waals surface area contributed by atoms with Gasteiger partial charge in [0.15, 0.2) is 17.4 Å². The summed E-state index contributed by atoms with van der Waals surface area (Å²) in [4.78, 5) is 35.7. The second kappa shape index (κ2) is 8.07. The number of H-pyrrole nitrogens is 1. The molecule has 2 aliphatic carbocycles. The largest absolute Gasteiger partial charge is 0.494 e. The highest BCUT2D eigenvalue weighted by Crippen LogP contribution is 2.40. The predicted octanol–water partition coefficient (Wildman–Crippen LogP) is 3.58. The Labute approximate surface area is 185 Å². The highest BCUT2D eigenvalue weighted by molar-refractivity contribution is 6.05. The molecule has 0 atom stereocenters. The Morgan fingerprint density at radius 3 is 2.56 bits per heavy atom. The molecular weight excluding hydrogens is 408 g/mol. The summed E-state index contributed by atoms with van der Waals surface area (Å²) >= 11 is 0. The molecule has 164 valence electrons. The average Bonchev–Trinajstić information content (AvgIpc) is 3.75. The van der Waals surface area contributed by atoms with E-state index in [9.17, 15) is 9.59 Å². The maximum absolute atomic E-state index is 12.9. The fourth-order valence-electron chi connectivity index (χ4n) is 3.73. The molecule has 0 radical (unpaired) electrons. The Morgan fingerprint density at radius 1 is 1.12 bits per heavy atom. The molecule has 9 heteroatoms. The van der Waals surface area contributed by atoms with Gasteiger partial charge in [0.05, 0.1) is 29.6 Å². The lowest BCUT2D eigenvalue weighted by Crippen LogP contribution is -2.28. The maximum Gasteiger partial charge on any atom is 0.230 e. The maximum atomic E-state index is 12.9. The Bertz CT molecular complexity index is 1170. The topological polar surface area (TPSA) is 113 Å². The molecule has 2 N–H and O–H groups in total. The molecule has 0 bridgehead atoms. The molecule has 2 heterocycles. The normalized spacial score (nSPS) is 15.3. The number of methoxy groups -OCH3 is 1. The van der Waals surface area contributed by atoms with Crippen molar-refractivity contribution >= 4 is 28.9 Å². The average molecular weight is 432 g/mol. The third-order valence-corrected chi connectivity index (χ3v) is 5.86. The first-order valence-corrected chi connectivity index (χ1v) is 10.7. The number of hydrogen-bond acceptors (Lipinski definition) is 7. The van der Waals surface area contributed by atoms with Gasteiger partial charge < -0.3 is 10.1 Å². The highest BCUT2D eigenvalue weighted by atomic mass is 16.5. The molecule has 32 heavy (non-hydrogen) atoms. The second-order valence-corrected chi connectivity index (χ2v) is 8.24. The number of pyridine rings is 1. The van der Waals surface area contributed by atoms with Crippen LogP contribution in [0.1, 0.15) is 36.0 Å². The lowest BCUT2D eigenvalue weighted by atomic mass is 10.1. The van der Waals surface area contributed by atoms with E-state index in [1.54, 1.807) is 31.3 Å². The molecular formula is C23H24N6O3. The van der Waals surface area contributed by atoms with Crippen LogP contribution in [0.25, 0.3) is 11.4 Å². The monoisotopic (exact) mass is 432 g/mol. The first kappa shape index (κ1) is 20.2. The van der Waals surface area contributed by atoms with Gasteiger partial charge in [0, 0.05) is 31.1 Å². The Hall–Kier alpha value is -3.75. The summed E-state index contributed by atoms with van der Waals surface area (Å²) in [7, 11) is 3.30. The number of benzene rings is 1. The van der Waals surface area contributed by atoms with Crippen molar-refractivity contribution in [3.05, 3.63) is 42.4 Å². The zero-order valence-electron chi connectivity index (χ0n) is 18.0. The van der Waals surface area contributed by atoms with E-state index in [1.165, 1.54) is 6.33 Å². The van der Waals surface area contributed by atoms with Crippen molar-refractivity contribution in [3.63, 3.8) is 0 Å². The molecule has 0 saturated heterocycles. The lowest BCUT2D eigenvalue weighted by Gasteiger charge is -2.20. The molecule has 9 nitrogen and oxygen atoms in total. The number of amides is 1. The summed E-state index contributed by atoms with van der Waals surface area (Å²) in [5.41, 5.74) is 2.51. The SMILES string of the molecule is COc1c(Nc2cc(N(C)C(=O)C3CC3)ncc2C(=O)C2CC2)cccc1-c1ncn[nH]1. The van der Waals surface area contributed by atoms with Crippen LogP contribution < -0.4 is 15.0 Å². The third-order valence-electron chi connectivity index (χ3n) is 5.86. The minimum absolute atomic E-state index is 0.0384. The molecule has 0 aliphatic heterocycles. The van der Waals surface area contributed by atoms with E-state index in [4.69, 9.17) is 4.74 Å². The van der Waals surface area contributed by atoms with Crippen molar-refractivity contribution in [3.8, 4) is 17.1 Å². The van der Waals surface area contributed by atoms with Gasteiger partial charge in [-0.25, -0.2) is 9.97 Å². The number of ketones is 1. The molecule has 1 amide bonds. The summed E-state index contributed by atoms with van der Waals surface area (Å²) in [6.07, 6.45) is 6.62. The fraction of sp³-hybridized carbons (Fsp3) is 0.348. The molecule has 1 aromatic carbocycles. The first-order chi connectivity index (χ1) is 15.6. The number of para-hydroxylation sites is 1. The highest BCUT2D eigenvalue weighted by Gasteiger charge is 2.35. The summed E-state index contributed by atoms with van der Waals surface area (Å²) in [5, 5.41) is 10.1. The van der Waals surface area contributed by atoms with E-state index >= 15 is 0 Å². The Balaban J connectivity index is 1.54. The first-order valence-electron chi connectivity index (χ1n) is 10.7. The van der Waals surface area contributed by atoms with Gasteiger partial charge in [0.25, 0.3) is 0 Å². The summed E-state index contributed by atoms with van der Waals surface area (Å²) in [5.74, 6) is 1.87. The summed E-state index contributed by atoms with van der Waals surface area (Å²) in [6, 6.07) is 7.37. The lowest BCUT2D eigenvalue weighted by molar-refractivity contribution is -0.119. The number of anilines is 3. The molecule has 0 unspecified atom stereocenters. The number of rotatable bonds is 8. The number of hydrogen-bond donors (Lipinski definition) is 2. The zero-order valence-corrected chi connectivity index (χ0v) is 18.0. The Morgan fingerprint density at radius 2 is 1.91 bits per heavy atom. The van der Waals surface area contributed by atoms with Gasteiger partial charge in [0.2, 0.25) is 5.91 Å². The Kier molecular flexibility index (Phi) is 5.08. The number of ether oxygens (including phenoxy) is 1. The number of carbonyl (C=O) groups excluding carboxylic acids is 2. The van der Waals surface area contributed by atoms with Crippen molar-refractivity contribution in [1.29, 1.82) is 0 Å². The second-order valence-electron chi connectivity index (χ2n) is 8.24. The van der Waals surface area contributed by atoms with Crippen LogP contribution in [0, 0.1) is 11.8 Å². The molecule has 2 saturated carbocycles. The summed E-state index contributed by atoms with van der Waals surface area (Å²) < 4.78 is 5.67.